The Morgan fingerprint density at radius 3 is 2.40 bits per heavy atom. The van der Waals surface area contributed by atoms with Gasteiger partial charge < -0.3 is 10.2 Å². The molecule has 2 atom stereocenters. The van der Waals surface area contributed by atoms with E-state index in [1.807, 2.05) is 0 Å². The lowest BCUT2D eigenvalue weighted by molar-refractivity contribution is 0.307. The fourth-order valence-corrected chi connectivity index (χ4v) is 2.95. The molecule has 0 aliphatic heterocycles. The molecule has 2 fully saturated rings. The van der Waals surface area contributed by atoms with Gasteiger partial charge in [-0.15, -0.1) is 0 Å². The molecule has 20 heavy (non-hydrogen) atoms. The van der Waals surface area contributed by atoms with Crippen molar-refractivity contribution < 1.29 is 0 Å². The summed E-state index contributed by atoms with van der Waals surface area (Å²) >= 11 is 0. The Labute approximate surface area is 123 Å². The molecule has 2 nitrogen and oxygen atoms in total. The van der Waals surface area contributed by atoms with Crippen LogP contribution in [0.2, 0.25) is 0 Å². The van der Waals surface area contributed by atoms with Gasteiger partial charge in [0, 0.05) is 19.1 Å². The van der Waals surface area contributed by atoms with Crippen molar-refractivity contribution in [2.24, 2.45) is 11.8 Å². The van der Waals surface area contributed by atoms with Crippen LogP contribution in [-0.2, 0) is 13.0 Å². The van der Waals surface area contributed by atoms with Crippen molar-refractivity contribution in [2.45, 2.75) is 45.2 Å². The maximum atomic E-state index is 3.58. The van der Waals surface area contributed by atoms with Gasteiger partial charge in [0.25, 0.3) is 0 Å². The molecule has 1 aromatic carbocycles. The standard InChI is InChI=1S/C18H28N2/c1-14-11-17(14)13-20(2)12-16-5-3-15(4-6-16)9-10-19-18-7-8-18/h3-6,14,17-19H,7-13H2,1-2H3. The molecule has 110 valence electrons. The van der Waals surface area contributed by atoms with E-state index >= 15 is 0 Å². The van der Waals surface area contributed by atoms with Gasteiger partial charge in [0.2, 0.25) is 0 Å². The largest absolute Gasteiger partial charge is 0.314 e. The second-order valence-electron chi connectivity index (χ2n) is 6.96. The summed E-state index contributed by atoms with van der Waals surface area (Å²) in [6, 6.07) is 10.0. The quantitative estimate of drug-likeness (QED) is 0.782. The molecular weight excluding hydrogens is 244 g/mol. The lowest BCUT2D eigenvalue weighted by atomic mass is 10.1. The summed E-state index contributed by atoms with van der Waals surface area (Å²) in [7, 11) is 2.25. The fraction of sp³-hybridized carbons (Fsp3) is 0.667. The van der Waals surface area contributed by atoms with Crippen molar-refractivity contribution in [3.8, 4) is 0 Å². The number of nitrogens with zero attached hydrogens (tertiary/aromatic N) is 1. The SMILES string of the molecule is CC1CC1CN(C)Cc1ccc(CCNC2CC2)cc1. The zero-order chi connectivity index (χ0) is 13.9. The smallest absolute Gasteiger partial charge is 0.0230 e. The second kappa shape index (κ2) is 6.28. The summed E-state index contributed by atoms with van der Waals surface area (Å²) in [5.74, 6) is 1.91. The first-order chi connectivity index (χ1) is 9.70. The lowest BCUT2D eigenvalue weighted by Crippen LogP contribution is -2.21. The van der Waals surface area contributed by atoms with E-state index in [0.29, 0.717) is 0 Å². The van der Waals surface area contributed by atoms with Crippen molar-refractivity contribution in [3.05, 3.63) is 35.4 Å². The molecule has 0 bridgehead atoms. The van der Waals surface area contributed by atoms with E-state index in [9.17, 15) is 0 Å². The van der Waals surface area contributed by atoms with E-state index in [1.165, 1.54) is 36.9 Å². The minimum Gasteiger partial charge on any atom is -0.314 e. The summed E-state index contributed by atoms with van der Waals surface area (Å²) < 4.78 is 0. The summed E-state index contributed by atoms with van der Waals surface area (Å²) in [5, 5.41) is 3.58. The fourth-order valence-electron chi connectivity index (χ4n) is 2.95. The molecule has 2 unspecified atom stereocenters. The second-order valence-corrected chi connectivity index (χ2v) is 6.96. The predicted octanol–water partition coefficient (Wildman–Crippen LogP) is 3.07. The van der Waals surface area contributed by atoms with Crippen LogP contribution in [0.3, 0.4) is 0 Å². The van der Waals surface area contributed by atoms with Crippen LogP contribution in [0.5, 0.6) is 0 Å². The topological polar surface area (TPSA) is 15.3 Å². The van der Waals surface area contributed by atoms with E-state index in [4.69, 9.17) is 0 Å². The molecule has 0 radical (unpaired) electrons. The number of benzene rings is 1. The van der Waals surface area contributed by atoms with Gasteiger partial charge in [0.05, 0.1) is 0 Å². The van der Waals surface area contributed by atoms with Gasteiger partial charge in [-0.1, -0.05) is 31.2 Å². The zero-order valence-electron chi connectivity index (χ0n) is 12.9. The average molecular weight is 272 g/mol. The predicted molar refractivity (Wildman–Crippen MR) is 84.8 cm³/mol. The Kier molecular flexibility index (Phi) is 4.42. The van der Waals surface area contributed by atoms with Crippen LogP contribution in [0.4, 0.5) is 0 Å². The Bertz CT molecular complexity index is 422. The molecule has 0 heterocycles. The number of nitrogens with one attached hydrogen (secondary N) is 1. The number of rotatable bonds is 8. The first-order valence-corrected chi connectivity index (χ1v) is 8.20. The Hall–Kier alpha value is -0.860. The van der Waals surface area contributed by atoms with Crippen molar-refractivity contribution in [3.63, 3.8) is 0 Å². The summed E-state index contributed by atoms with van der Waals surface area (Å²) in [6.07, 6.45) is 5.35. The van der Waals surface area contributed by atoms with Crippen molar-refractivity contribution >= 4 is 0 Å². The highest BCUT2D eigenvalue weighted by Crippen LogP contribution is 2.38. The summed E-state index contributed by atoms with van der Waals surface area (Å²) in [4.78, 5) is 2.47. The zero-order valence-corrected chi connectivity index (χ0v) is 12.9. The van der Waals surface area contributed by atoms with Crippen LogP contribution < -0.4 is 5.32 Å². The van der Waals surface area contributed by atoms with Crippen molar-refractivity contribution in [2.75, 3.05) is 20.1 Å². The molecule has 0 saturated heterocycles. The van der Waals surface area contributed by atoms with E-state index < -0.39 is 0 Å². The van der Waals surface area contributed by atoms with Crippen molar-refractivity contribution in [1.82, 2.24) is 10.2 Å². The third-order valence-electron chi connectivity index (χ3n) is 4.72. The highest BCUT2D eigenvalue weighted by molar-refractivity contribution is 5.22. The van der Waals surface area contributed by atoms with Gasteiger partial charge >= 0.3 is 0 Å². The molecule has 2 saturated carbocycles. The van der Waals surface area contributed by atoms with E-state index in [1.54, 1.807) is 0 Å². The van der Waals surface area contributed by atoms with Crippen LogP contribution in [0.1, 0.15) is 37.3 Å². The van der Waals surface area contributed by atoms with E-state index in [0.717, 1.165) is 37.4 Å². The Morgan fingerprint density at radius 2 is 1.80 bits per heavy atom. The minimum absolute atomic E-state index is 0.827. The van der Waals surface area contributed by atoms with Gasteiger partial charge in [0.1, 0.15) is 0 Å². The maximum absolute atomic E-state index is 3.58. The maximum Gasteiger partial charge on any atom is 0.0230 e. The molecule has 2 heteroatoms. The summed E-state index contributed by atoms with van der Waals surface area (Å²) in [5.41, 5.74) is 2.90. The average Bonchev–Trinajstić information content (AvgIpc) is 3.33. The Morgan fingerprint density at radius 1 is 1.15 bits per heavy atom. The van der Waals surface area contributed by atoms with E-state index in [2.05, 4.69) is 48.5 Å². The third-order valence-corrected chi connectivity index (χ3v) is 4.72. The lowest BCUT2D eigenvalue weighted by Gasteiger charge is -2.16. The molecule has 0 aromatic heterocycles. The normalized spacial score (nSPS) is 25.1. The van der Waals surface area contributed by atoms with Gasteiger partial charge in [0.15, 0.2) is 0 Å². The summed E-state index contributed by atoms with van der Waals surface area (Å²) in [6.45, 7) is 5.84. The van der Waals surface area contributed by atoms with Crippen LogP contribution in [0, 0.1) is 11.8 Å². The highest BCUT2D eigenvalue weighted by Gasteiger charge is 2.32. The first kappa shape index (κ1) is 14.1. The van der Waals surface area contributed by atoms with Crippen LogP contribution in [0.25, 0.3) is 0 Å². The first-order valence-electron chi connectivity index (χ1n) is 8.20. The molecule has 2 aliphatic rings. The van der Waals surface area contributed by atoms with E-state index in [-0.39, 0.29) is 0 Å². The van der Waals surface area contributed by atoms with Crippen LogP contribution in [-0.4, -0.2) is 31.1 Å². The Balaban J connectivity index is 1.40. The van der Waals surface area contributed by atoms with Gasteiger partial charge in [-0.2, -0.15) is 0 Å². The molecule has 1 N–H and O–H groups in total. The molecule has 0 spiro atoms. The molecule has 1 aromatic rings. The monoisotopic (exact) mass is 272 g/mol. The molecular formula is C18H28N2. The minimum atomic E-state index is 0.827. The third kappa shape index (κ3) is 4.32. The van der Waals surface area contributed by atoms with Gasteiger partial charge in [-0.05, 0) is 62.2 Å². The molecule has 2 aliphatic carbocycles. The van der Waals surface area contributed by atoms with Crippen molar-refractivity contribution in [1.29, 1.82) is 0 Å². The highest BCUT2D eigenvalue weighted by atomic mass is 15.1. The van der Waals surface area contributed by atoms with Crippen LogP contribution in [0.15, 0.2) is 24.3 Å². The molecule has 0 amide bonds. The number of hydrogen-bond donors (Lipinski definition) is 1. The molecule has 3 rings (SSSR count). The van der Waals surface area contributed by atoms with Gasteiger partial charge in [-0.25, -0.2) is 0 Å². The van der Waals surface area contributed by atoms with Gasteiger partial charge in [-0.3, -0.25) is 0 Å². The van der Waals surface area contributed by atoms with Crippen LogP contribution >= 0.6 is 0 Å². The number of hydrogen-bond acceptors (Lipinski definition) is 2.